The molecule has 0 saturated carbocycles. The minimum absolute atomic E-state index is 0.161. The van der Waals surface area contributed by atoms with Gasteiger partial charge in [0, 0.05) is 32.6 Å². The molecule has 8 heteroatoms. The van der Waals surface area contributed by atoms with Gasteiger partial charge < -0.3 is 15.0 Å². The third kappa shape index (κ3) is 4.01. The van der Waals surface area contributed by atoms with Crippen LogP contribution in [0.4, 0.5) is 5.69 Å². The molecule has 0 bridgehead atoms. The number of hydrogen-bond acceptors (Lipinski definition) is 5. The third-order valence-electron chi connectivity index (χ3n) is 3.87. The average molecular weight is 341 g/mol. The molecule has 128 valence electrons. The van der Waals surface area contributed by atoms with Gasteiger partial charge >= 0.3 is 0 Å². The molecule has 0 atom stereocenters. The fraction of sp³-hybridized carbons (Fsp3) is 0.533. The maximum Gasteiger partial charge on any atom is 0.243 e. The number of methoxy groups -OCH3 is 1. The molecule has 0 spiro atoms. The van der Waals surface area contributed by atoms with Crippen LogP contribution in [0.25, 0.3) is 0 Å². The Labute approximate surface area is 137 Å². The van der Waals surface area contributed by atoms with Crippen molar-refractivity contribution in [2.45, 2.75) is 18.2 Å². The Morgan fingerprint density at radius 3 is 2.48 bits per heavy atom. The number of likely N-dealkylation sites (N-methyl/N-ethyl adjacent to an activating group) is 1. The molecule has 1 N–H and O–H groups in total. The summed E-state index contributed by atoms with van der Waals surface area (Å²) in [5.41, 5.74) is 0.370. The molecule has 1 aromatic rings. The van der Waals surface area contributed by atoms with E-state index in [9.17, 15) is 13.2 Å². The van der Waals surface area contributed by atoms with Gasteiger partial charge in [-0.3, -0.25) is 4.79 Å². The van der Waals surface area contributed by atoms with Crippen molar-refractivity contribution in [2.24, 2.45) is 0 Å². The van der Waals surface area contributed by atoms with Crippen LogP contribution < -0.4 is 10.1 Å². The van der Waals surface area contributed by atoms with Gasteiger partial charge in [0.2, 0.25) is 15.9 Å². The SMILES string of the molecule is CCC(=O)Nc1cc(S(=O)(=O)N2CCN(C)CC2)ccc1OC. The Kier molecular flexibility index (Phi) is 5.61. The van der Waals surface area contributed by atoms with Gasteiger partial charge in [-0.05, 0) is 25.2 Å². The number of nitrogens with zero attached hydrogens (tertiary/aromatic N) is 2. The van der Waals surface area contributed by atoms with Crippen LogP contribution in [0.15, 0.2) is 23.1 Å². The van der Waals surface area contributed by atoms with Gasteiger partial charge in [0.15, 0.2) is 0 Å². The molecule has 1 saturated heterocycles. The van der Waals surface area contributed by atoms with Crippen LogP contribution >= 0.6 is 0 Å². The lowest BCUT2D eigenvalue weighted by atomic mass is 10.3. The van der Waals surface area contributed by atoms with Crippen LogP contribution in [0.1, 0.15) is 13.3 Å². The van der Waals surface area contributed by atoms with Crippen molar-refractivity contribution in [3.63, 3.8) is 0 Å². The van der Waals surface area contributed by atoms with Gasteiger partial charge in [-0.1, -0.05) is 6.92 Å². The van der Waals surface area contributed by atoms with Gasteiger partial charge in [-0.25, -0.2) is 8.42 Å². The molecule has 1 fully saturated rings. The smallest absolute Gasteiger partial charge is 0.243 e. The van der Waals surface area contributed by atoms with Crippen molar-refractivity contribution in [1.82, 2.24) is 9.21 Å². The normalized spacial score (nSPS) is 17.0. The van der Waals surface area contributed by atoms with E-state index in [2.05, 4.69) is 10.2 Å². The number of hydrogen-bond donors (Lipinski definition) is 1. The number of benzene rings is 1. The van der Waals surface area contributed by atoms with Crippen LogP contribution in [0.5, 0.6) is 5.75 Å². The van der Waals surface area contributed by atoms with Gasteiger partial charge in [-0.2, -0.15) is 4.31 Å². The van der Waals surface area contributed by atoms with Gasteiger partial charge in [-0.15, -0.1) is 0 Å². The summed E-state index contributed by atoms with van der Waals surface area (Å²) in [6, 6.07) is 4.53. The third-order valence-corrected chi connectivity index (χ3v) is 5.76. The first kappa shape index (κ1) is 17.7. The summed E-state index contributed by atoms with van der Waals surface area (Å²) in [6.45, 7) is 4.05. The first-order chi connectivity index (χ1) is 10.9. The highest BCUT2D eigenvalue weighted by atomic mass is 32.2. The topological polar surface area (TPSA) is 79.0 Å². The number of anilines is 1. The summed E-state index contributed by atoms with van der Waals surface area (Å²) in [6.07, 6.45) is 0.304. The molecule has 23 heavy (non-hydrogen) atoms. The highest BCUT2D eigenvalue weighted by molar-refractivity contribution is 7.89. The summed E-state index contributed by atoms with van der Waals surface area (Å²) >= 11 is 0. The van der Waals surface area contributed by atoms with E-state index < -0.39 is 10.0 Å². The Hall–Kier alpha value is -1.64. The Bertz CT molecular complexity index is 667. The van der Waals surface area contributed by atoms with Gasteiger partial charge in [0.25, 0.3) is 0 Å². The quantitative estimate of drug-likeness (QED) is 0.864. The summed E-state index contributed by atoms with van der Waals surface area (Å²) in [4.78, 5) is 13.9. The number of carbonyl (C=O) groups excluding carboxylic acids is 1. The van der Waals surface area contributed by atoms with Crippen molar-refractivity contribution in [3.05, 3.63) is 18.2 Å². The second kappa shape index (κ2) is 7.29. The monoisotopic (exact) mass is 341 g/mol. The van der Waals surface area contributed by atoms with E-state index in [0.717, 1.165) is 0 Å². The lowest BCUT2D eigenvalue weighted by molar-refractivity contribution is -0.115. The molecule has 1 amide bonds. The minimum atomic E-state index is -3.58. The lowest BCUT2D eigenvalue weighted by Crippen LogP contribution is -2.47. The Morgan fingerprint density at radius 2 is 1.91 bits per heavy atom. The number of amides is 1. The number of carbonyl (C=O) groups is 1. The van der Waals surface area contributed by atoms with Crippen molar-refractivity contribution < 1.29 is 17.9 Å². The largest absolute Gasteiger partial charge is 0.495 e. The van der Waals surface area contributed by atoms with Crippen LogP contribution in [0.3, 0.4) is 0 Å². The number of sulfonamides is 1. The lowest BCUT2D eigenvalue weighted by Gasteiger charge is -2.31. The average Bonchev–Trinajstić information content (AvgIpc) is 2.55. The predicted molar refractivity (Wildman–Crippen MR) is 88.2 cm³/mol. The molecule has 0 unspecified atom stereocenters. The van der Waals surface area contributed by atoms with Crippen LogP contribution in [-0.4, -0.2) is 63.9 Å². The number of piperazine rings is 1. The molecular formula is C15H23N3O4S. The molecule has 0 aromatic heterocycles. The van der Waals surface area contributed by atoms with Crippen molar-refractivity contribution in [2.75, 3.05) is 45.7 Å². The molecule has 1 heterocycles. The maximum absolute atomic E-state index is 12.8. The molecule has 1 aromatic carbocycles. The first-order valence-electron chi connectivity index (χ1n) is 7.55. The van der Waals surface area contributed by atoms with E-state index in [1.807, 2.05) is 7.05 Å². The maximum atomic E-state index is 12.8. The fourth-order valence-corrected chi connectivity index (χ4v) is 3.81. The van der Waals surface area contributed by atoms with Crippen molar-refractivity contribution in [3.8, 4) is 5.75 Å². The highest BCUT2D eigenvalue weighted by Crippen LogP contribution is 2.29. The zero-order chi connectivity index (χ0) is 17.0. The second-order valence-corrected chi connectivity index (χ2v) is 7.41. The number of rotatable bonds is 5. The van der Waals surface area contributed by atoms with E-state index in [1.165, 1.54) is 23.5 Å². The standard InChI is InChI=1S/C15H23N3O4S/c1-4-15(19)16-13-11-12(5-6-14(13)22-3)23(20,21)18-9-7-17(2)8-10-18/h5-6,11H,4,7-10H2,1-3H3,(H,16,19). The fourth-order valence-electron chi connectivity index (χ4n) is 2.36. The van der Waals surface area contributed by atoms with Gasteiger partial charge in [0.1, 0.15) is 5.75 Å². The summed E-state index contributed by atoms with van der Waals surface area (Å²) in [7, 11) is -0.130. The van der Waals surface area contributed by atoms with Crippen LogP contribution in [0, 0.1) is 0 Å². The molecule has 0 radical (unpaired) electrons. The van der Waals surface area contributed by atoms with E-state index in [4.69, 9.17) is 4.74 Å². The zero-order valence-electron chi connectivity index (χ0n) is 13.7. The highest BCUT2D eigenvalue weighted by Gasteiger charge is 2.28. The van der Waals surface area contributed by atoms with Crippen molar-refractivity contribution in [1.29, 1.82) is 0 Å². The molecule has 2 rings (SSSR count). The minimum Gasteiger partial charge on any atom is -0.495 e. The van der Waals surface area contributed by atoms with Crippen molar-refractivity contribution >= 4 is 21.6 Å². The van der Waals surface area contributed by atoms with E-state index in [1.54, 1.807) is 13.0 Å². The van der Waals surface area contributed by atoms with E-state index in [-0.39, 0.29) is 10.8 Å². The van der Waals surface area contributed by atoms with Crippen LogP contribution in [0.2, 0.25) is 0 Å². The molecule has 7 nitrogen and oxygen atoms in total. The van der Waals surface area contributed by atoms with Gasteiger partial charge in [0.05, 0.1) is 17.7 Å². The van der Waals surface area contributed by atoms with Crippen LogP contribution in [-0.2, 0) is 14.8 Å². The number of nitrogens with one attached hydrogen (secondary N) is 1. The number of ether oxygens (including phenoxy) is 1. The van der Waals surface area contributed by atoms with E-state index >= 15 is 0 Å². The molecule has 1 aliphatic rings. The second-order valence-electron chi connectivity index (χ2n) is 5.47. The predicted octanol–water partition coefficient (Wildman–Crippen LogP) is 0.980. The Balaban J connectivity index is 2.31. The summed E-state index contributed by atoms with van der Waals surface area (Å²) < 4.78 is 32.2. The molecular weight excluding hydrogens is 318 g/mol. The molecule has 0 aliphatic carbocycles. The molecule has 1 aliphatic heterocycles. The Morgan fingerprint density at radius 1 is 1.26 bits per heavy atom. The zero-order valence-corrected chi connectivity index (χ0v) is 14.5. The summed E-state index contributed by atoms with van der Waals surface area (Å²) in [5, 5.41) is 2.68. The van der Waals surface area contributed by atoms with E-state index in [0.29, 0.717) is 44.0 Å². The first-order valence-corrected chi connectivity index (χ1v) is 8.99. The summed E-state index contributed by atoms with van der Waals surface area (Å²) in [5.74, 6) is 0.238.